The Kier molecular flexibility index (Phi) is 4.56. The summed E-state index contributed by atoms with van der Waals surface area (Å²) in [4.78, 5) is 12.4. The molecule has 0 bridgehead atoms. The maximum Gasteiger partial charge on any atom is 0.227 e. The zero-order chi connectivity index (χ0) is 17.5. The number of ketones is 1. The third-order valence-corrected chi connectivity index (χ3v) is 5.93. The van der Waals surface area contributed by atoms with Crippen molar-refractivity contribution in [2.45, 2.75) is 59.0 Å². The van der Waals surface area contributed by atoms with E-state index in [4.69, 9.17) is 0 Å². The van der Waals surface area contributed by atoms with Gasteiger partial charge in [-0.3, -0.25) is 4.79 Å². The van der Waals surface area contributed by atoms with Crippen molar-refractivity contribution in [1.29, 1.82) is 0 Å². The fourth-order valence-corrected chi connectivity index (χ4v) is 4.28. The molecule has 0 aromatic heterocycles. The van der Waals surface area contributed by atoms with E-state index in [2.05, 4.69) is 20.8 Å². The third kappa shape index (κ3) is 3.14. The minimum Gasteiger partial charge on any atom is -0.504 e. The van der Waals surface area contributed by atoms with E-state index in [1.54, 1.807) is 18.2 Å². The van der Waals surface area contributed by atoms with Gasteiger partial charge in [-0.15, -0.1) is 0 Å². The molecule has 0 aliphatic heterocycles. The van der Waals surface area contributed by atoms with Gasteiger partial charge in [0.05, 0.1) is 0 Å². The Bertz CT molecular complexity index is 658. The van der Waals surface area contributed by atoms with E-state index in [1.165, 1.54) is 12.8 Å². The Labute approximate surface area is 144 Å². The summed E-state index contributed by atoms with van der Waals surface area (Å²) in [7, 11) is 0. The zero-order valence-corrected chi connectivity index (χ0v) is 14.9. The molecule has 1 fully saturated rings. The van der Waals surface area contributed by atoms with E-state index in [9.17, 15) is 15.0 Å². The highest BCUT2D eigenvalue weighted by Crippen LogP contribution is 2.44. The molecule has 24 heavy (non-hydrogen) atoms. The molecule has 2 N–H and O–H groups in total. The second-order valence-corrected chi connectivity index (χ2v) is 8.48. The number of fused-ring (bicyclic) bond motifs is 1. The average Bonchev–Trinajstić information content (AvgIpc) is 2.56. The van der Waals surface area contributed by atoms with Crippen LogP contribution in [0.25, 0.3) is 0 Å². The fourth-order valence-electron chi connectivity index (χ4n) is 4.28. The van der Waals surface area contributed by atoms with Gasteiger partial charge in [0.1, 0.15) is 6.10 Å². The molecular formula is C21H28O3. The molecule has 2 aliphatic carbocycles. The molecule has 1 aromatic rings. The monoisotopic (exact) mass is 328 g/mol. The molecule has 2 aliphatic rings. The smallest absolute Gasteiger partial charge is 0.227 e. The summed E-state index contributed by atoms with van der Waals surface area (Å²) in [5.41, 5.74) is 1.89. The first-order valence-electron chi connectivity index (χ1n) is 9.02. The maximum absolute atomic E-state index is 12.4. The molecular weight excluding hydrogens is 300 g/mol. The molecule has 3 heteroatoms. The number of rotatable bonds is 2. The van der Waals surface area contributed by atoms with Gasteiger partial charge in [-0.1, -0.05) is 45.0 Å². The zero-order valence-electron chi connectivity index (χ0n) is 14.9. The van der Waals surface area contributed by atoms with E-state index in [0.29, 0.717) is 34.5 Å². The standard InChI is InChI=1S/C21H28O3/c1-21(2,3)14-10-8-13(9-11-14)12-17-18(22)15-6-4-5-7-16(15)19(23)20(17)24/h4-7,13-14,18,22,24H,8-12H2,1-3H3. The maximum atomic E-state index is 12.4. The SMILES string of the molecule is CC(C)(C)C1CCC(CC2=C(O)C(=O)c3ccccc3C2O)CC1. The van der Waals surface area contributed by atoms with E-state index in [-0.39, 0.29) is 11.5 Å². The Balaban J connectivity index is 1.74. The molecule has 130 valence electrons. The number of carbonyl (C=O) groups excluding carboxylic acids is 1. The van der Waals surface area contributed by atoms with Crippen molar-refractivity contribution < 1.29 is 15.0 Å². The topological polar surface area (TPSA) is 57.5 Å². The number of aliphatic hydroxyl groups excluding tert-OH is 2. The second-order valence-electron chi connectivity index (χ2n) is 8.48. The van der Waals surface area contributed by atoms with Crippen LogP contribution in [0.15, 0.2) is 35.6 Å². The van der Waals surface area contributed by atoms with E-state index in [1.807, 2.05) is 6.07 Å². The van der Waals surface area contributed by atoms with Gasteiger partial charge in [-0.25, -0.2) is 0 Å². The van der Waals surface area contributed by atoms with Gasteiger partial charge in [0.2, 0.25) is 5.78 Å². The highest BCUT2D eigenvalue weighted by molar-refractivity contribution is 6.10. The molecule has 0 saturated heterocycles. The second kappa shape index (κ2) is 6.36. The van der Waals surface area contributed by atoms with Gasteiger partial charge < -0.3 is 10.2 Å². The molecule has 0 spiro atoms. The van der Waals surface area contributed by atoms with Gasteiger partial charge in [0, 0.05) is 11.1 Å². The molecule has 0 amide bonds. The van der Waals surface area contributed by atoms with Crippen molar-refractivity contribution in [3.63, 3.8) is 0 Å². The van der Waals surface area contributed by atoms with Crippen LogP contribution in [0.2, 0.25) is 0 Å². The van der Waals surface area contributed by atoms with Crippen molar-refractivity contribution in [2.24, 2.45) is 17.3 Å². The first-order chi connectivity index (χ1) is 11.3. The van der Waals surface area contributed by atoms with Crippen LogP contribution in [-0.4, -0.2) is 16.0 Å². The minimum absolute atomic E-state index is 0.237. The number of allylic oxidation sites excluding steroid dienone is 1. The predicted molar refractivity (Wildman–Crippen MR) is 94.9 cm³/mol. The van der Waals surface area contributed by atoms with Crippen molar-refractivity contribution in [3.05, 3.63) is 46.7 Å². The normalized spacial score (nSPS) is 28.0. The number of Topliss-reactive ketones (excluding diaryl/α,β-unsaturated/α-hetero) is 1. The number of hydrogen-bond acceptors (Lipinski definition) is 3. The van der Waals surface area contributed by atoms with Crippen molar-refractivity contribution in [2.75, 3.05) is 0 Å². The highest BCUT2D eigenvalue weighted by atomic mass is 16.3. The lowest BCUT2D eigenvalue weighted by Gasteiger charge is -2.37. The molecule has 3 nitrogen and oxygen atoms in total. The van der Waals surface area contributed by atoms with E-state index in [0.717, 1.165) is 18.8 Å². The van der Waals surface area contributed by atoms with Crippen LogP contribution in [-0.2, 0) is 0 Å². The average molecular weight is 328 g/mol. The first kappa shape index (κ1) is 17.2. The van der Waals surface area contributed by atoms with E-state index < -0.39 is 6.10 Å². The Morgan fingerprint density at radius 3 is 2.33 bits per heavy atom. The summed E-state index contributed by atoms with van der Waals surface area (Å²) < 4.78 is 0. The molecule has 1 saturated carbocycles. The fraction of sp³-hybridized carbons (Fsp3) is 0.571. The summed E-state index contributed by atoms with van der Waals surface area (Å²) in [6, 6.07) is 7.03. The largest absolute Gasteiger partial charge is 0.504 e. The highest BCUT2D eigenvalue weighted by Gasteiger charge is 2.35. The molecule has 1 aromatic carbocycles. The van der Waals surface area contributed by atoms with Gasteiger partial charge in [0.25, 0.3) is 0 Å². The Morgan fingerprint density at radius 2 is 1.71 bits per heavy atom. The lowest BCUT2D eigenvalue weighted by Crippen LogP contribution is -2.27. The number of hydrogen-bond donors (Lipinski definition) is 2. The molecule has 0 radical (unpaired) electrons. The minimum atomic E-state index is -0.862. The van der Waals surface area contributed by atoms with Gasteiger partial charge in [-0.05, 0) is 54.9 Å². The first-order valence-corrected chi connectivity index (χ1v) is 9.02. The van der Waals surface area contributed by atoms with Crippen molar-refractivity contribution in [1.82, 2.24) is 0 Å². The van der Waals surface area contributed by atoms with Crippen LogP contribution < -0.4 is 0 Å². The molecule has 3 rings (SSSR count). The Hall–Kier alpha value is -1.61. The molecule has 0 heterocycles. The summed E-state index contributed by atoms with van der Waals surface area (Å²) in [5, 5.41) is 21.0. The summed E-state index contributed by atoms with van der Waals surface area (Å²) in [6.45, 7) is 6.90. The molecule has 1 atom stereocenters. The quantitative estimate of drug-likeness (QED) is 0.805. The summed E-state index contributed by atoms with van der Waals surface area (Å²) in [6.07, 6.45) is 4.32. The van der Waals surface area contributed by atoms with Crippen LogP contribution in [0.1, 0.15) is 74.9 Å². The lowest BCUT2D eigenvalue weighted by molar-refractivity contribution is 0.0934. The predicted octanol–water partition coefficient (Wildman–Crippen LogP) is 4.97. The van der Waals surface area contributed by atoms with Gasteiger partial charge in [-0.2, -0.15) is 0 Å². The van der Waals surface area contributed by atoms with Gasteiger partial charge in [0.15, 0.2) is 5.76 Å². The number of aliphatic hydroxyl groups is 2. The summed E-state index contributed by atoms with van der Waals surface area (Å²) in [5.74, 6) is 0.580. The van der Waals surface area contributed by atoms with Crippen molar-refractivity contribution in [3.8, 4) is 0 Å². The van der Waals surface area contributed by atoms with Crippen LogP contribution in [0.5, 0.6) is 0 Å². The Morgan fingerprint density at radius 1 is 1.08 bits per heavy atom. The van der Waals surface area contributed by atoms with Gasteiger partial charge >= 0.3 is 0 Å². The number of carbonyl (C=O) groups is 1. The van der Waals surface area contributed by atoms with Crippen LogP contribution in [0, 0.1) is 17.3 Å². The number of benzene rings is 1. The van der Waals surface area contributed by atoms with Crippen LogP contribution >= 0.6 is 0 Å². The summed E-state index contributed by atoms with van der Waals surface area (Å²) >= 11 is 0. The van der Waals surface area contributed by atoms with Crippen LogP contribution in [0.4, 0.5) is 0 Å². The molecule has 1 unspecified atom stereocenters. The van der Waals surface area contributed by atoms with Crippen molar-refractivity contribution >= 4 is 5.78 Å². The van der Waals surface area contributed by atoms with E-state index >= 15 is 0 Å². The lowest BCUT2D eigenvalue weighted by atomic mass is 9.68. The third-order valence-electron chi connectivity index (χ3n) is 5.93. The van der Waals surface area contributed by atoms with Crippen LogP contribution in [0.3, 0.4) is 0 Å².